The Morgan fingerprint density at radius 3 is 2.56 bits per heavy atom. The molecular weight excluding hydrogens is 238 g/mol. The third-order valence-corrected chi connectivity index (χ3v) is 5.27. The van der Waals surface area contributed by atoms with E-state index in [1.54, 1.807) is 0 Å². The monoisotopic (exact) mass is 261 g/mol. The van der Waals surface area contributed by atoms with Crippen LogP contribution in [0.25, 0.3) is 0 Å². The molecule has 1 N–H and O–H groups in total. The van der Waals surface area contributed by atoms with Crippen LogP contribution in [-0.2, 0) is 6.42 Å². The molecule has 0 bridgehead atoms. The quantitative estimate of drug-likeness (QED) is 0.811. The fourth-order valence-electron chi connectivity index (χ4n) is 2.65. The summed E-state index contributed by atoms with van der Waals surface area (Å²) in [6.45, 7) is 2.42. The number of nitrogens with one attached hydrogen (secondary N) is 1. The molecule has 1 saturated heterocycles. The maximum atomic E-state index is 3.50. The highest BCUT2D eigenvalue weighted by atomic mass is 32.2. The van der Waals surface area contributed by atoms with E-state index < -0.39 is 0 Å². The zero-order chi connectivity index (χ0) is 12.2. The summed E-state index contributed by atoms with van der Waals surface area (Å²) in [5.41, 5.74) is 1.51. The van der Waals surface area contributed by atoms with Crippen molar-refractivity contribution < 1.29 is 0 Å². The van der Waals surface area contributed by atoms with E-state index in [0.717, 1.165) is 11.8 Å². The summed E-state index contributed by atoms with van der Waals surface area (Å²) in [6, 6.07) is 9.31. The maximum absolute atomic E-state index is 3.50. The van der Waals surface area contributed by atoms with Gasteiger partial charge in [-0.2, -0.15) is 0 Å². The van der Waals surface area contributed by atoms with Gasteiger partial charge in [-0.1, -0.05) is 12.1 Å². The van der Waals surface area contributed by atoms with E-state index >= 15 is 0 Å². The first-order valence-electron chi connectivity index (χ1n) is 7.32. The van der Waals surface area contributed by atoms with Crippen molar-refractivity contribution in [2.24, 2.45) is 11.8 Å². The predicted octanol–water partition coefficient (Wildman–Crippen LogP) is 3.73. The Bertz CT molecular complexity index is 363. The zero-order valence-corrected chi connectivity index (χ0v) is 11.8. The van der Waals surface area contributed by atoms with Crippen molar-refractivity contribution in [2.45, 2.75) is 37.0 Å². The van der Waals surface area contributed by atoms with E-state index in [-0.39, 0.29) is 0 Å². The number of hydrogen-bond donors (Lipinski definition) is 1. The Labute approximate surface area is 115 Å². The Morgan fingerprint density at radius 1 is 1.06 bits per heavy atom. The summed E-state index contributed by atoms with van der Waals surface area (Å²) in [5.74, 6) is 3.19. The van der Waals surface area contributed by atoms with Crippen molar-refractivity contribution >= 4 is 11.8 Å². The Hall–Kier alpha value is -0.470. The van der Waals surface area contributed by atoms with Crippen molar-refractivity contribution in [2.75, 3.05) is 18.8 Å². The van der Waals surface area contributed by atoms with Crippen LogP contribution in [0.15, 0.2) is 29.2 Å². The number of hydrogen-bond acceptors (Lipinski definition) is 2. The molecule has 1 unspecified atom stereocenters. The van der Waals surface area contributed by atoms with Crippen LogP contribution >= 0.6 is 11.8 Å². The van der Waals surface area contributed by atoms with Crippen molar-refractivity contribution in [3.05, 3.63) is 29.8 Å². The van der Waals surface area contributed by atoms with Gasteiger partial charge in [-0.05, 0) is 74.7 Å². The standard InChI is InChI=1S/C16H23NS/c1-2-15(11-17-9-1)10-13-5-7-16(8-6-13)18-12-14-3-4-14/h5-8,14-15,17H,1-4,9-12H2. The van der Waals surface area contributed by atoms with E-state index in [0.29, 0.717) is 0 Å². The molecule has 0 spiro atoms. The Balaban J connectivity index is 1.49. The highest BCUT2D eigenvalue weighted by molar-refractivity contribution is 7.99. The molecule has 2 aliphatic rings. The second-order valence-corrected chi connectivity index (χ2v) is 6.91. The molecule has 0 radical (unpaired) electrons. The van der Waals surface area contributed by atoms with Gasteiger partial charge in [0.1, 0.15) is 0 Å². The highest BCUT2D eigenvalue weighted by Crippen LogP contribution is 2.35. The van der Waals surface area contributed by atoms with Crippen molar-refractivity contribution in [1.82, 2.24) is 5.32 Å². The van der Waals surface area contributed by atoms with Gasteiger partial charge in [-0.15, -0.1) is 11.8 Å². The van der Waals surface area contributed by atoms with Gasteiger partial charge in [-0.3, -0.25) is 0 Å². The molecule has 18 heavy (non-hydrogen) atoms. The van der Waals surface area contributed by atoms with E-state index in [1.165, 1.54) is 61.4 Å². The number of piperidine rings is 1. The second-order valence-electron chi connectivity index (χ2n) is 5.81. The normalized spacial score (nSPS) is 24.1. The van der Waals surface area contributed by atoms with Crippen LogP contribution in [0, 0.1) is 11.8 Å². The van der Waals surface area contributed by atoms with E-state index in [1.807, 2.05) is 11.8 Å². The second kappa shape index (κ2) is 6.12. The fourth-order valence-corrected chi connectivity index (χ4v) is 3.74. The average Bonchev–Trinajstić information content (AvgIpc) is 3.23. The molecule has 3 rings (SSSR count). The molecule has 1 nitrogen and oxygen atoms in total. The van der Waals surface area contributed by atoms with Crippen LogP contribution in [0.4, 0.5) is 0 Å². The Kier molecular flexibility index (Phi) is 4.27. The van der Waals surface area contributed by atoms with Crippen molar-refractivity contribution in [3.8, 4) is 0 Å². The molecule has 98 valence electrons. The number of thioether (sulfide) groups is 1. The summed E-state index contributed by atoms with van der Waals surface area (Å²) < 4.78 is 0. The number of benzene rings is 1. The fraction of sp³-hybridized carbons (Fsp3) is 0.625. The minimum Gasteiger partial charge on any atom is -0.316 e. The summed E-state index contributed by atoms with van der Waals surface area (Å²) in [7, 11) is 0. The minimum atomic E-state index is 0.851. The lowest BCUT2D eigenvalue weighted by atomic mass is 9.92. The lowest BCUT2D eigenvalue weighted by molar-refractivity contribution is 0.376. The predicted molar refractivity (Wildman–Crippen MR) is 79.2 cm³/mol. The zero-order valence-electron chi connectivity index (χ0n) is 11.0. The van der Waals surface area contributed by atoms with Crippen LogP contribution in [0.1, 0.15) is 31.2 Å². The highest BCUT2D eigenvalue weighted by Gasteiger charge is 2.21. The summed E-state index contributed by atoms with van der Waals surface area (Å²) in [6.07, 6.45) is 6.91. The van der Waals surface area contributed by atoms with Crippen LogP contribution in [0.3, 0.4) is 0 Å². The van der Waals surface area contributed by atoms with E-state index in [4.69, 9.17) is 0 Å². The SMILES string of the molecule is c1cc(SCC2CC2)ccc1CC1CCCNC1. The first kappa shape index (κ1) is 12.6. The van der Waals surface area contributed by atoms with Crippen LogP contribution < -0.4 is 5.32 Å². The molecule has 0 amide bonds. The smallest absolute Gasteiger partial charge is 0.00722 e. The molecule has 2 heteroatoms. The van der Waals surface area contributed by atoms with Gasteiger partial charge in [0.15, 0.2) is 0 Å². The minimum absolute atomic E-state index is 0.851. The summed E-state index contributed by atoms with van der Waals surface area (Å²) in [5, 5.41) is 3.50. The van der Waals surface area contributed by atoms with Crippen LogP contribution in [0.2, 0.25) is 0 Å². The van der Waals surface area contributed by atoms with Gasteiger partial charge in [0.25, 0.3) is 0 Å². The van der Waals surface area contributed by atoms with Crippen LogP contribution in [0.5, 0.6) is 0 Å². The maximum Gasteiger partial charge on any atom is 0.00722 e. The van der Waals surface area contributed by atoms with Crippen LogP contribution in [-0.4, -0.2) is 18.8 Å². The molecular formula is C16H23NS. The Morgan fingerprint density at radius 2 is 1.89 bits per heavy atom. The lowest BCUT2D eigenvalue weighted by Gasteiger charge is -2.22. The van der Waals surface area contributed by atoms with Crippen molar-refractivity contribution in [1.29, 1.82) is 0 Å². The molecule has 0 aromatic heterocycles. The van der Waals surface area contributed by atoms with E-state index in [9.17, 15) is 0 Å². The molecule has 1 heterocycles. The molecule has 2 fully saturated rings. The summed E-state index contributed by atoms with van der Waals surface area (Å²) >= 11 is 2.03. The molecule has 1 aliphatic carbocycles. The third kappa shape index (κ3) is 3.76. The van der Waals surface area contributed by atoms with E-state index in [2.05, 4.69) is 29.6 Å². The first-order valence-corrected chi connectivity index (χ1v) is 8.31. The van der Waals surface area contributed by atoms with Gasteiger partial charge in [0.05, 0.1) is 0 Å². The van der Waals surface area contributed by atoms with Crippen molar-refractivity contribution in [3.63, 3.8) is 0 Å². The van der Waals surface area contributed by atoms with Gasteiger partial charge in [0, 0.05) is 10.6 Å². The lowest BCUT2D eigenvalue weighted by Crippen LogP contribution is -2.30. The van der Waals surface area contributed by atoms with Gasteiger partial charge in [0.2, 0.25) is 0 Å². The largest absolute Gasteiger partial charge is 0.316 e. The number of rotatable bonds is 5. The third-order valence-electron chi connectivity index (χ3n) is 4.03. The molecule has 1 aliphatic heterocycles. The summed E-state index contributed by atoms with van der Waals surface area (Å²) in [4.78, 5) is 1.45. The van der Waals surface area contributed by atoms with Gasteiger partial charge >= 0.3 is 0 Å². The molecule has 1 atom stereocenters. The topological polar surface area (TPSA) is 12.0 Å². The molecule has 1 saturated carbocycles. The van der Waals surface area contributed by atoms with Gasteiger partial charge in [-0.25, -0.2) is 0 Å². The average molecular weight is 261 g/mol. The molecule has 1 aromatic rings. The first-order chi connectivity index (χ1) is 8.90. The van der Waals surface area contributed by atoms with Gasteiger partial charge < -0.3 is 5.32 Å². The molecule has 1 aromatic carbocycles.